The highest BCUT2D eigenvalue weighted by Gasteiger charge is 2.30. The highest BCUT2D eigenvalue weighted by Crippen LogP contribution is 2.55. The molecule has 11 rings (SSSR count). The minimum absolute atomic E-state index is 0.302. The summed E-state index contributed by atoms with van der Waals surface area (Å²) in [5, 5.41) is 11.2. The molecule has 0 saturated carbocycles. The third-order valence-corrected chi connectivity index (χ3v) is 11.5. The van der Waals surface area contributed by atoms with Gasteiger partial charge < -0.3 is 19.3 Å². The molecule has 2 heterocycles. The highest BCUT2D eigenvalue weighted by molar-refractivity contribution is 6.10. The van der Waals surface area contributed by atoms with Gasteiger partial charge in [0, 0.05) is 11.4 Å². The van der Waals surface area contributed by atoms with E-state index < -0.39 is 0 Å². The van der Waals surface area contributed by atoms with E-state index in [4.69, 9.17) is 16.0 Å². The van der Waals surface area contributed by atoms with Crippen molar-refractivity contribution in [3.05, 3.63) is 223 Å². The summed E-state index contributed by atoms with van der Waals surface area (Å²) in [4.78, 5) is 8.61. The Balaban J connectivity index is 1.12. The lowest BCUT2D eigenvalue weighted by atomic mass is 9.79. The molecular formula is C56H34N4O2. The predicted octanol–water partition coefficient (Wildman–Crippen LogP) is 15.9. The number of rotatable bonds is 6. The van der Waals surface area contributed by atoms with Crippen molar-refractivity contribution in [1.29, 1.82) is 5.26 Å². The average molecular weight is 795 g/mol. The van der Waals surface area contributed by atoms with Crippen LogP contribution in [0.25, 0.3) is 49.4 Å². The molecule has 0 saturated heterocycles. The molecule has 2 aliphatic rings. The van der Waals surface area contributed by atoms with E-state index in [2.05, 4.69) is 118 Å². The van der Waals surface area contributed by atoms with Gasteiger partial charge in [-0.1, -0.05) is 133 Å². The SMILES string of the molecule is [C-]#[N+]c1c(C#N)c(-c2ccc(N3c4ccccc4Oc4ccccc43)cc2)c(-c2ccccc2)c(-c2ccccc2)c1-c1ccc(N2c3ccccc3Oc3ccccc32)cc1. The number of para-hydroxylation sites is 8. The quantitative estimate of drug-likeness (QED) is 0.157. The van der Waals surface area contributed by atoms with Crippen LogP contribution >= 0.6 is 0 Å². The second-order valence-electron chi connectivity index (χ2n) is 15.0. The fourth-order valence-electron chi connectivity index (χ4n) is 8.83. The second-order valence-corrected chi connectivity index (χ2v) is 15.0. The standard InChI is InChI=1S/C56H34N4O2/c1-58-56-43(36-57)52(39-28-32-41(33-29-39)59-44-20-8-12-24-48(44)61-49-25-13-9-21-45(49)59)53(37-16-4-2-5-17-37)54(38-18-6-3-7-19-38)55(56)40-30-34-42(35-31-40)60-46-22-10-14-26-50(46)62-51-27-15-11-23-47(51)60/h2-35H. The number of anilines is 6. The van der Waals surface area contributed by atoms with Crippen LogP contribution in [0.4, 0.5) is 39.8 Å². The summed E-state index contributed by atoms with van der Waals surface area (Å²) in [6.45, 7) is 8.78. The van der Waals surface area contributed by atoms with Gasteiger partial charge in [0.05, 0.1) is 41.0 Å². The van der Waals surface area contributed by atoms with Gasteiger partial charge in [0.15, 0.2) is 23.0 Å². The lowest BCUT2D eigenvalue weighted by Crippen LogP contribution is -2.15. The molecule has 2 aliphatic heterocycles. The summed E-state index contributed by atoms with van der Waals surface area (Å²) in [6.07, 6.45) is 0. The summed E-state index contributed by atoms with van der Waals surface area (Å²) in [6, 6.07) is 71.6. The first-order valence-corrected chi connectivity index (χ1v) is 20.4. The fourth-order valence-corrected chi connectivity index (χ4v) is 8.83. The number of nitriles is 1. The summed E-state index contributed by atoms with van der Waals surface area (Å²) in [7, 11) is 0. The molecule has 290 valence electrons. The van der Waals surface area contributed by atoms with E-state index in [9.17, 15) is 5.26 Å². The van der Waals surface area contributed by atoms with Gasteiger partial charge in [0.1, 0.15) is 0 Å². The molecule has 9 aromatic carbocycles. The first-order chi connectivity index (χ1) is 30.7. The van der Waals surface area contributed by atoms with Crippen LogP contribution in [-0.2, 0) is 0 Å². The number of fused-ring (bicyclic) bond motifs is 4. The zero-order valence-corrected chi connectivity index (χ0v) is 33.2. The largest absolute Gasteiger partial charge is 0.453 e. The Bertz CT molecular complexity index is 2950. The topological polar surface area (TPSA) is 53.1 Å². The second kappa shape index (κ2) is 15.1. The lowest BCUT2D eigenvalue weighted by molar-refractivity contribution is 0.477. The molecule has 0 amide bonds. The van der Waals surface area contributed by atoms with Gasteiger partial charge in [-0.25, -0.2) is 4.85 Å². The van der Waals surface area contributed by atoms with Crippen LogP contribution < -0.4 is 19.3 Å². The summed E-state index contributed by atoms with van der Waals surface area (Å²) < 4.78 is 12.6. The van der Waals surface area contributed by atoms with Crippen LogP contribution in [0.5, 0.6) is 23.0 Å². The maximum Gasteiger partial charge on any atom is 0.213 e. The molecule has 0 atom stereocenters. The van der Waals surface area contributed by atoms with E-state index in [1.165, 1.54) is 0 Å². The molecule has 9 aromatic rings. The predicted molar refractivity (Wildman–Crippen MR) is 249 cm³/mol. The van der Waals surface area contributed by atoms with Crippen LogP contribution in [0.15, 0.2) is 206 Å². The van der Waals surface area contributed by atoms with Crippen molar-refractivity contribution in [2.75, 3.05) is 9.80 Å². The summed E-state index contributed by atoms with van der Waals surface area (Å²) >= 11 is 0. The van der Waals surface area contributed by atoms with Gasteiger partial charge in [-0.3, -0.25) is 0 Å². The van der Waals surface area contributed by atoms with Crippen LogP contribution in [0, 0.1) is 17.9 Å². The Hall–Kier alpha value is -8.84. The van der Waals surface area contributed by atoms with Gasteiger partial charge in [-0.15, -0.1) is 0 Å². The van der Waals surface area contributed by atoms with Gasteiger partial charge in [-0.05, 0) is 117 Å². The van der Waals surface area contributed by atoms with Crippen molar-refractivity contribution in [3.8, 4) is 73.6 Å². The van der Waals surface area contributed by atoms with Crippen molar-refractivity contribution in [1.82, 2.24) is 0 Å². The van der Waals surface area contributed by atoms with Crippen LogP contribution in [0.1, 0.15) is 5.56 Å². The molecule has 0 spiro atoms. The third-order valence-electron chi connectivity index (χ3n) is 11.5. The maximum atomic E-state index is 11.2. The fraction of sp³-hybridized carbons (Fsp3) is 0. The Labute approximate surface area is 359 Å². The molecule has 0 fully saturated rings. The van der Waals surface area contributed by atoms with Gasteiger partial charge in [0.2, 0.25) is 5.69 Å². The number of benzene rings is 9. The summed E-state index contributed by atoms with van der Waals surface area (Å²) in [5.41, 5.74) is 12.9. The molecule has 62 heavy (non-hydrogen) atoms. The summed E-state index contributed by atoms with van der Waals surface area (Å²) in [5.74, 6) is 3.08. The van der Waals surface area contributed by atoms with Crippen molar-refractivity contribution >= 4 is 39.8 Å². The number of hydrogen-bond acceptors (Lipinski definition) is 5. The van der Waals surface area contributed by atoms with E-state index in [0.29, 0.717) is 22.4 Å². The molecule has 6 heteroatoms. The monoisotopic (exact) mass is 794 g/mol. The van der Waals surface area contributed by atoms with E-state index in [1.807, 2.05) is 109 Å². The molecule has 6 nitrogen and oxygen atoms in total. The van der Waals surface area contributed by atoms with E-state index in [0.717, 1.165) is 90.5 Å². The van der Waals surface area contributed by atoms with Gasteiger partial charge in [0.25, 0.3) is 0 Å². The molecular weight excluding hydrogens is 761 g/mol. The molecule has 0 unspecified atom stereocenters. The molecule has 0 N–H and O–H groups in total. The van der Waals surface area contributed by atoms with Crippen LogP contribution in [0.3, 0.4) is 0 Å². The molecule has 0 aromatic heterocycles. The Morgan fingerprint density at radius 2 is 0.694 bits per heavy atom. The molecule has 0 radical (unpaired) electrons. The Kier molecular flexibility index (Phi) is 8.82. The number of ether oxygens (including phenoxy) is 2. The van der Waals surface area contributed by atoms with E-state index in [1.54, 1.807) is 0 Å². The minimum atomic E-state index is 0.302. The van der Waals surface area contributed by atoms with Crippen molar-refractivity contribution < 1.29 is 9.47 Å². The van der Waals surface area contributed by atoms with Crippen LogP contribution in [-0.4, -0.2) is 0 Å². The zero-order chi connectivity index (χ0) is 41.6. The molecule has 0 bridgehead atoms. The first kappa shape index (κ1) is 36.3. The average Bonchev–Trinajstić information content (AvgIpc) is 3.34. The molecule has 0 aliphatic carbocycles. The zero-order valence-electron chi connectivity index (χ0n) is 33.2. The number of hydrogen-bond donors (Lipinski definition) is 0. The minimum Gasteiger partial charge on any atom is -0.453 e. The van der Waals surface area contributed by atoms with Crippen molar-refractivity contribution in [2.24, 2.45) is 0 Å². The van der Waals surface area contributed by atoms with E-state index in [-0.39, 0.29) is 0 Å². The van der Waals surface area contributed by atoms with Crippen molar-refractivity contribution in [2.45, 2.75) is 0 Å². The first-order valence-electron chi connectivity index (χ1n) is 20.4. The van der Waals surface area contributed by atoms with Gasteiger partial charge in [-0.2, -0.15) is 5.26 Å². The Morgan fingerprint density at radius 3 is 1.06 bits per heavy atom. The van der Waals surface area contributed by atoms with E-state index >= 15 is 0 Å². The van der Waals surface area contributed by atoms with Crippen molar-refractivity contribution in [3.63, 3.8) is 0 Å². The number of nitrogens with zero attached hydrogens (tertiary/aromatic N) is 4. The maximum absolute atomic E-state index is 11.2. The van der Waals surface area contributed by atoms with Crippen LogP contribution in [0.2, 0.25) is 0 Å². The smallest absolute Gasteiger partial charge is 0.213 e. The normalized spacial score (nSPS) is 12.0. The lowest BCUT2D eigenvalue weighted by Gasteiger charge is -2.33. The third kappa shape index (κ3) is 5.94. The Morgan fingerprint density at radius 1 is 0.371 bits per heavy atom. The highest BCUT2D eigenvalue weighted by atomic mass is 16.5. The van der Waals surface area contributed by atoms with Gasteiger partial charge >= 0.3 is 0 Å².